The van der Waals surface area contributed by atoms with Crippen LogP contribution in [0.25, 0.3) is 11.1 Å². The summed E-state index contributed by atoms with van der Waals surface area (Å²) < 4.78 is 5.43. The number of thiol groups is 1. The molecule has 1 aromatic heterocycles. The van der Waals surface area contributed by atoms with Crippen molar-refractivity contribution in [1.82, 2.24) is 10.3 Å². The number of aromatic nitrogens is 1. The molecular formula is C10H12N2OS. The monoisotopic (exact) mass is 208 g/mol. The Morgan fingerprint density at radius 3 is 3.00 bits per heavy atom. The number of oxazole rings is 1. The molecule has 14 heavy (non-hydrogen) atoms. The Hall–Kier alpha value is -1.00. The van der Waals surface area contributed by atoms with Crippen LogP contribution in [-0.4, -0.2) is 12.0 Å². The molecule has 1 N–H and O–H groups in total. The van der Waals surface area contributed by atoms with Gasteiger partial charge in [0.1, 0.15) is 5.52 Å². The van der Waals surface area contributed by atoms with Crippen LogP contribution in [0.1, 0.15) is 16.8 Å². The van der Waals surface area contributed by atoms with E-state index in [-0.39, 0.29) is 5.37 Å². The molecule has 0 saturated heterocycles. The molecule has 4 heteroatoms. The first-order chi connectivity index (χ1) is 6.70. The van der Waals surface area contributed by atoms with Gasteiger partial charge < -0.3 is 9.73 Å². The molecule has 0 aliphatic carbocycles. The van der Waals surface area contributed by atoms with Crippen LogP contribution < -0.4 is 5.32 Å². The SMILES string of the molecule is CNC(S)c1ccc2nc(C)oc2c1. The van der Waals surface area contributed by atoms with E-state index in [4.69, 9.17) is 4.42 Å². The predicted octanol–water partition coefficient (Wildman–Crippen LogP) is 2.28. The Balaban J connectivity index is 2.50. The number of hydrogen-bond acceptors (Lipinski definition) is 4. The van der Waals surface area contributed by atoms with Gasteiger partial charge in [0.2, 0.25) is 0 Å². The zero-order valence-corrected chi connectivity index (χ0v) is 9.01. The summed E-state index contributed by atoms with van der Waals surface area (Å²) >= 11 is 4.38. The first-order valence-corrected chi connectivity index (χ1v) is 4.95. The van der Waals surface area contributed by atoms with Crippen LogP contribution in [0.15, 0.2) is 22.6 Å². The Morgan fingerprint density at radius 2 is 2.29 bits per heavy atom. The van der Waals surface area contributed by atoms with E-state index in [1.807, 2.05) is 32.2 Å². The van der Waals surface area contributed by atoms with Gasteiger partial charge in [0, 0.05) is 6.92 Å². The summed E-state index contributed by atoms with van der Waals surface area (Å²) in [5.74, 6) is 0.692. The minimum Gasteiger partial charge on any atom is -0.441 e. The highest BCUT2D eigenvalue weighted by molar-refractivity contribution is 7.80. The lowest BCUT2D eigenvalue weighted by atomic mass is 10.2. The van der Waals surface area contributed by atoms with Crippen molar-refractivity contribution in [2.45, 2.75) is 12.3 Å². The van der Waals surface area contributed by atoms with E-state index in [1.165, 1.54) is 0 Å². The highest BCUT2D eigenvalue weighted by atomic mass is 32.1. The van der Waals surface area contributed by atoms with Crippen molar-refractivity contribution in [3.05, 3.63) is 29.7 Å². The van der Waals surface area contributed by atoms with Gasteiger partial charge in [0.05, 0.1) is 5.37 Å². The molecule has 0 aliphatic heterocycles. The van der Waals surface area contributed by atoms with Gasteiger partial charge in [-0.15, -0.1) is 0 Å². The van der Waals surface area contributed by atoms with Crippen LogP contribution in [-0.2, 0) is 0 Å². The van der Waals surface area contributed by atoms with Crippen LogP contribution in [0, 0.1) is 6.92 Å². The van der Waals surface area contributed by atoms with Gasteiger partial charge in [0.15, 0.2) is 11.5 Å². The zero-order chi connectivity index (χ0) is 10.1. The lowest BCUT2D eigenvalue weighted by molar-refractivity contribution is 0.560. The second-order valence-corrected chi connectivity index (χ2v) is 3.67. The topological polar surface area (TPSA) is 38.1 Å². The largest absolute Gasteiger partial charge is 0.441 e. The van der Waals surface area contributed by atoms with E-state index in [9.17, 15) is 0 Å². The molecule has 0 fully saturated rings. The van der Waals surface area contributed by atoms with Gasteiger partial charge in [0.25, 0.3) is 0 Å². The molecule has 0 saturated carbocycles. The van der Waals surface area contributed by atoms with Gasteiger partial charge in [-0.2, -0.15) is 12.6 Å². The maximum absolute atomic E-state index is 5.43. The summed E-state index contributed by atoms with van der Waals surface area (Å²) in [5, 5.41) is 3.09. The number of aryl methyl sites for hydroxylation is 1. The number of fused-ring (bicyclic) bond motifs is 1. The number of nitrogens with one attached hydrogen (secondary N) is 1. The molecule has 74 valence electrons. The fourth-order valence-electron chi connectivity index (χ4n) is 1.39. The number of nitrogens with zero attached hydrogens (tertiary/aromatic N) is 1. The summed E-state index contributed by atoms with van der Waals surface area (Å²) in [6.07, 6.45) is 0. The average Bonchev–Trinajstić information content (AvgIpc) is 2.55. The van der Waals surface area contributed by atoms with Gasteiger partial charge in [-0.05, 0) is 24.7 Å². The molecule has 0 aliphatic rings. The molecule has 2 rings (SSSR count). The van der Waals surface area contributed by atoms with E-state index < -0.39 is 0 Å². The minimum absolute atomic E-state index is 0.0322. The fraction of sp³-hybridized carbons (Fsp3) is 0.300. The van der Waals surface area contributed by atoms with Crippen molar-refractivity contribution in [3.63, 3.8) is 0 Å². The van der Waals surface area contributed by atoms with Crippen molar-refractivity contribution >= 4 is 23.7 Å². The van der Waals surface area contributed by atoms with Crippen molar-refractivity contribution in [1.29, 1.82) is 0 Å². The van der Waals surface area contributed by atoms with Crippen molar-refractivity contribution in [3.8, 4) is 0 Å². The van der Waals surface area contributed by atoms with Crippen molar-refractivity contribution in [2.24, 2.45) is 0 Å². The second kappa shape index (κ2) is 3.63. The van der Waals surface area contributed by atoms with E-state index in [0.717, 1.165) is 16.7 Å². The molecule has 2 aromatic rings. The Labute approximate surface area is 87.9 Å². The Kier molecular flexibility index (Phi) is 2.48. The van der Waals surface area contributed by atoms with Gasteiger partial charge in [-0.3, -0.25) is 0 Å². The van der Waals surface area contributed by atoms with Gasteiger partial charge in [-0.1, -0.05) is 6.07 Å². The molecule has 1 atom stereocenters. The van der Waals surface area contributed by atoms with E-state index in [0.29, 0.717) is 5.89 Å². The highest BCUT2D eigenvalue weighted by Gasteiger charge is 2.07. The second-order valence-electron chi connectivity index (χ2n) is 3.15. The molecule has 1 unspecified atom stereocenters. The smallest absolute Gasteiger partial charge is 0.192 e. The lowest BCUT2D eigenvalue weighted by Gasteiger charge is -2.08. The Morgan fingerprint density at radius 1 is 1.50 bits per heavy atom. The summed E-state index contributed by atoms with van der Waals surface area (Å²) in [6, 6.07) is 5.91. The maximum Gasteiger partial charge on any atom is 0.192 e. The number of rotatable bonds is 2. The molecule has 0 bridgehead atoms. The molecule has 0 radical (unpaired) electrons. The van der Waals surface area contributed by atoms with Gasteiger partial charge >= 0.3 is 0 Å². The Bertz CT molecular complexity index is 452. The van der Waals surface area contributed by atoms with E-state index >= 15 is 0 Å². The molecule has 0 spiro atoms. The normalized spacial score (nSPS) is 13.4. The van der Waals surface area contributed by atoms with Crippen LogP contribution in [0.5, 0.6) is 0 Å². The molecule has 3 nitrogen and oxygen atoms in total. The standard InChI is InChI=1S/C10H12N2OS/c1-6-12-8-4-3-7(10(14)11-2)5-9(8)13-6/h3-5,10-11,14H,1-2H3. The molecule has 0 amide bonds. The summed E-state index contributed by atoms with van der Waals surface area (Å²) in [4.78, 5) is 4.23. The first kappa shape index (κ1) is 9.55. The molecule has 1 aromatic carbocycles. The lowest BCUT2D eigenvalue weighted by Crippen LogP contribution is -2.09. The maximum atomic E-state index is 5.43. The van der Waals surface area contributed by atoms with Crippen molar-refractivity contribution in [2.75, 3.05) is 7.05 Å². The van der Waals surface area contributed by atoms with Crippen molar-refractivity contribution < 1.29 is 4.42 Å². The van der Waals surface area contributed by atoms with Crippen LogP contribution in [0.2, 0.25) is 0 Å². The fourth-order valence-corrected chi connectivity index (χ4v) is 1.55. The third kappa shape index (κ3) is 1.63. The van der Waals surface area contributed by atoms with Gasteiger partial charge in [-0.25, -0.2) is 4.98 Å². The summed E-state index contributed by atoms with van der Waals surface area (Å²) in [5.41, 5.74) is 2.79. The number of hydrogen-bond donors (Lipinski definition) is 2. The highest BCUT2D eigenvalue weighted by Crippen LogP contribution is 2.22. The number of benzene rings is 1. The zero-order valence-electron chi connectivity index (χ0n) is 8.11. The van der Waals surface area contributed by atoms with Crippen LogP contribution >= 0.6 is 12.6 Å². The van der Waals surface area contributed by atoms with E-state index in [1.54, 1.807) is 0 Å². The molecular weight excluding hydrogens is 196 g/mol. The van der Waals surface area contributed by atoms with Crippen LogP contribution in [0.4, 0.5) is 0 Å². The van der Waals surface area contributed by atoms with E-state index in [2.05, 4.69) is 22.9 Å². The summed E-state index contributed by atoms with van der Waals surface area (Å²) in [7, 11) is 1.87. The average molecular weight is 208 g/mol. The quantitative estimate of drug-likeness (QED) is 0.587. The third-order valence-electron chi connectivity index (χ3n) is 2.11. The first-order valence-electron chi connectivity index (χ1n) is 4.43. The third-order valence-corrected chi connectivity index (χ3v) is 2.66. The molecule has 1 heterocycles. The predicted molar refractivity (Wildman–Crippen MR) is 59.5 cm³/mol. The minimum atomic E-state index is 0.0322. The summed E-state index contributed by atoms with van der Waals surface area (Å²) in [6.45, 7) is 1.84. The van der Waals surface area contributed by atoms with Crippen LogP contribution in [0.3, 0.4) is 0 Å².